The van der Waals surface area contributed by atoms with Crippen molar-refractivity contribution in [3.8, 4) is 28.6 Å². The van der Waals surface area contributed by atoms with Crippen LogP contribution in [0.5, 0.6) is 0 Å². The maximum atomic E-state index is 6.06. The van der Waals surface area contributed by atoms with Gasteiger partial charge in [0, 0.05) is 43.7 Å². The van der Waals surface area contributed by atoms with Gasteiger partial charge in [-0.25, -0.2) is 0 Å². The highest BCUT2D eigenvalue weighted by Crippen LogP contribution is 2.41. The van der Waals surface area contributed by atoms with Crippen molar-refractivity contribution < 1.29 is 4.42 Å². The first-order valence-electron chi connectivity index (χ1n) is 15.1. The number of para-hydroxylation sites is 2. The summed E-state index contributed by atoms with van der Waals surface area (Å²) < 4.78 is 10.9. The molecular weight excluding hydrogens is 552 g/mol. The highest BCUT2D eigenvalue weighted by Gasteiger charge is 2.19. The van der Waals surface area contributed by atoms with Crippen molar-refractivity contribution in [3.63, 3.8) is 0 Å². The fourth-order valence-electron chi connectivity index (χ4n) is 7.09. The summed E-state index contributed by atoms with van der Waals surface area (Å²) in [4.78, 5) is 0. The van der Waals surface area contributed by atoms with E-state index in [9.17, 15) is 0 Å². The molecule has 45 heavy (non-hydrogen) atoms. The largest absolute Gasteiger partial charge is 0.416 e. The Hall–Kier alpha value is -6.20. The van der Waals surface area contributed by atoms with Gasteiger partial charge in [0.25, 0.3) is 0 Å². The van der Waals surface area contributed by atoms with E-state index in [1.165, 1.54) is 59.9 Å². The minimum atomic E-state index is 0.502. The Balaban J connectivity index is 1.23. The van der Waals surface area contributed by atoms with E-state index in [1.54, 1.807) is 0 Å². The zero-order valence-corrected chi connectivity index (χ0v) is 24.1. The summed E-state index contributed by atoms with van der Waals surface area (Å²) in [5.41, 5.74) is 8.84. The Morgan fingerprint density at radius 3 is 1.69 bits per heavy atom. The van der Waals surface area contributed by atoms with Crippen LogP contribution < -0.4 is 0 Å². The molecule has 0 aliphatic heterocycles. The molecule has 10 rings (SSSR count). The number of rotatable bonds is 3. The molecule has 0 N–H and O–H groups in total. The van der Waals surface area contributed by atoms with Gasteiger partial charge in [-0.15, -0.1) is 10.2 Å². The lowest BCUT2D eigenvalue weighted by molar-refractivity contribution is 0.584. The molecule has 0 fully saturated rings. The monoisotopic (exact) mass is 576 g/mol. The third-order valence-corrected chi connectivity index (χ3v) is 9.07. The molecule has 5 heteroatoms. The second kappa shape index (κ2) is 9.15. The molecule has 10 aromatic rings. The normalized spacial score (nSPS) is 12.0. The fraction of sp³-hybridized carbons (Fsp3) is 0. The molecule has 0 radical (unpaired) electrons. The predicted octanol–water partition coefficient (Wildman–Crippen LogP) is 10.2. The minimum absolute atomic E-state index is 0.502. The molecular formula is C40H24N4O. The predicted molar refractivity (Wildman–Crippen MR) is 183 cm³/mol. The molecule has 0 unspecified atom stereocenters. The van der Waals surface area contributed by atoms with Gasteiger partial charge in [-0.05, 0) is 66.0 Å². The summed E-state index contributed by atoms with van der Waals surface area (Å²) in [7, 11) is 0. The molecule has 0 saturated carbocycles. The van der Waals surface area contributed by atoms with E-state index in [0.29, 0.717) is 11.8 Å². The van der Waals surface area contributed by atoms with Crippen molar-refractivity contribution >= 4 is 59.9 Å². The number of pyridine rings is 1. The van der Waals surface area contributed by atoms with Crippen molar-refractivity contribution in [2.45, 2.75) is 0 Å². The molecule has 4 heterocycles. The van der Waals surface area contributed by atoms with Gasteiger partial charge in [-0.2, -0.15) is 0 Å². The average molecular weight is 577 g/mol. The minimum Gasteiger partial charge on any atom is -0.416 e. The van der Waals surface area contributed by atoms with E-state index in [2.05, 4.69) is 134 Å². The van der Waals surface area contributed by atoms with E-state index in [0.717, 1.165) is 16.8 Å². The lowest BCUT2D eigenvalue weighted by Gasteiger charge is -2.10. The first-order chi connectivity index (χ1) is 22.3. The summed E-state index contributed by atoms with van der Waals surface area (Å²) in [6.45, 7) is 0. The molecule has 0 saturated heterocycles. The first kappa shape index (κ1) is 24.3. The van der Waals surface area contributed by atoms with Crippen molar-refractivity contribution in [1.82, 2.24) is 19.2 Å². The summed E-state index contributed by atoms with van der Waals surface area (Å²) >= 11 is 0. The summed E-state index contributed by atoms with van der Waals surface area (Å²) in [5.74, 6) is 1.02. The van der Waals surface area contributed by atoms with Crippen molar-refractivity contribution in [3.05, 3.63) is 146 Å². The topological polar surface area (TPSA) is 48.3 Å². The third kappa shape index (κ3) is 3.43. The van der Waals surface area contributed by atoms with Gasteiger partial charge in [0.05, 0.1) is 27.6 Å². The molecule has 0 bridgehead atoms. The van der Waals surface area contributed by atoms with Gasteiger partial charge in [-0.1, -0.05) is 84.9 Å². The van der Waals surface area contributed by atoms with E-state index in [-0.39, 0.29) is 0 Å². The zero-order valence-electron chi connectivity index (χ0n) is 24.1. The van der Waals surface area contributed by atoms with Crippen LogP contribution in [-0.2, 0) is 0 Å². The lowest BCUT2D eigenvalue weighted by Crippen LogP contribution is -1.94. The first-order valence-corrected chi connectivity index (χ1v) is 15.1. The van der Waals surface area contributed by atoms with Crippen LogP contribution in [0.4, 0.5) is 0 Å². The molecule has 5 nitrogen and oxygen atoms in total. The second-order valence-corrected chi connectivity index (χ2v) is 11.5. The van der Waals surface area contributed by atoms with Gasteiger partial charge < -0.3 is 13.4 Å². The van der Waals surface area contributed by atoms with Gasteiger partial charge in [0.15, 0.2) is 0 Å². The summed E-state index contributed by atoms with van der Waals surface area (Å²) in [5, 5.41) is 16.1. The Morgan fingerprint density at radius 1 is 0.400 bits per heavy atom. The summed E-state index contributed by atoms with van der Waals surface area (Å²) in [6, 6.07) is 51.3. The van der Waals surface area contributed by atoms with Crippen molar-refractivity contribution in [2.75, 3.05) is 0 Å². The van der Waals surface area contributed by atoms with Gasteiger partial charge >= 0.3 is 0 Å². The van der Waals surface area contributed by atoms with Crippen LogP contribution in [0.2, 0.25) is 0 Å². The quantitative estimate of drug-likeness (QED) is 0.197. The average Bonchev–Trinajstić information content (AvgIpc) is 3.84. The number of nitrogens with zero attached hydrogens (tertiary/aromatic N) is 4. The Bertz CT molecular complexity index is 2750. The van der Waals surface area contributed by atoms with Gasteiger partial charge in [-0.3, -0.25) is 0 Å². The van der Waals surface area contributed by atoms with Crippen LogP contribution in [0.15, 0.2) is 150 Å². The van der Waals surface area contributed by atoms with Crippen molar-refractivity contribution in [1.29, 1.82) is 0 Å². The number of fused-ring (bicyclic) bond motifs is 12. The van der Waals surface area contributed by atoms with Crippen molar-refractivity contribution in [2.24, 2.45) is 0 Å². The molecule has 6 aromatic carbocycles. The molecule has 0 amide bonds. The highest BCUT2D eigenvalue weighted by atomic mass is 16.4. The molecule has 0 atom stereocenters. The van der Waals surface area contributed by atoms with Crippen LogP contribution >= 0.6 is 0 Å². The third-order valence-electron chi connectivity index (χ3n) is 9.07. The van der Waals surface area contributed by atoms with E-state index < -0.39 is 0 Å². The Labute approximate surface area is 257 Å². The van der Waals surface area contributed by atoms with E-state index >= 15 is 0 Å². The molecule has 4 aromatic heterocycles. The highest BCUT2D eigenvalue weighted by molar-refractivity contribution is 6.22. The Morgan fingerprint density at radius 2 is 0.956 bits per heavy atom. The standard InChI is InChI=1S/C40H24N4O/c1-2-10-25(11-3-1)39-41-42-40(45-39)26-18-20-27(21-19-26)43-34-16-8-7-15-31(34)32-22-23-36-33(38(32)43)24-37-30-14-5-4-12-28(30)29-13-6-9-17-35(29)44(36)37/h1-24H. The molecule has 0 aliphatic carbocycles. The van der Waals surface area contributed by atoms with Gasteiger partial charge in [0.1, 0.15) is 0 Å². The zero-order chi connectivity index (χ0) is 29.5. The molecule has 210 valence electrons. The maximum absolute atomic E-state index is 6.06. The SMILES string of the molecule is c1ccc(-c2nnc(-c3ccc(-n4c5ccccc5c5ccc6c(cc7c8ccccc8c8ccccc8n76)c54)cc3)o2)cc1. The van der Waals surface area contributed by atoms with Crippen LogP contribution in [-0.4, -0.2) is 19.2 Å². The maximum Gasteiger partial charge on any atom is 0.248 e. The van der Waals surface area contributed by atoms with Crippen LogP contribution in [0.1, 0.15) is 0 Å². The van der Waals surface area contributed by atoms with Gasteiger partial charge in [0.2, 0.25) is 11.8 Å². The Kier molecular flexibility index (Phi) is 4.93. The molecule has 0 aliphatic rings. The van der Waals surface area contributed by atoms with Crippen LogP contribution in [0.3, 0.4) is 0 Å². The fourth-order valence-corrected chi connectivity index (χ4v) is 7.09. The van der Waals surface area contributed by atoms with E-state index in [4.69, 9.17) is 4.42 Å². The number of aromatic nitrogens is 4. The van der Waals surface area contributed by atoms with Crippen LogP contribution in [0, 0.1) is 0 Å². The van der Waals surface area contributed by atoms with E-state index in [1.807, 2.05) is 30.3 Å². The number of benzene rings is 6. The second-order valence-electron chi connectivity index (χ2n) is 11.5. The number of hydrogen-bond donors (Lipinski definition) is 0. The van der Waals surface area contributed by atoms with Crippen LogP contribution in [0.25, 0.3) is 88.5 Å². The lowest BCUT2D eigenvalue weighted by atomic mass is 10.1. The molecule has 0 spiro atoms. The summed E-state index contributed by atoms with van der Waals surface area (Å²) in [6.07, 6.45) is 0. The smallest absolute Gasteiger partial charge is 0.248 e. The number of hydrogen-bond acceptors (Lipinski definition) is 3.